The number of aryl methyl sites for hydroxylation is 1. The topological polar surface area (TPSA) is 154 Å². The Labute approximate surface area is 306 Å². The summed E-state index contributed by atoms with van der Waals surface area (Å²) < 4.78 is 60.1. The van der Waals surface area contributed by atoms with Crippen molar-refractivity contribution >= 4 is 21.9 Å². The van der Waals surface area contributed by atoms with Crippen LogP contribution in [0.5, 0.6) is 11.5 Å². The summed E-state index contributed by atoms with van der Waals surface area (Å²) in [6, 6.07) is 17.5. The molecule has 0 saturated carbocycles. The van der Waals surface area contributed by atoms with E-state index >= 15 is 0 Å². The zero-order valence-corrected chi connectivity index (χ0v) is 30.9. The lowest BCUT2D eigenvalue weighted by molar-refractivity contribution is -0.152. The van der Waals surface area contributed by atoms with Gasteiger partial charge in [-0.15, -0.1) is 0 Å². The highest BCUT2D eigenvalue weighted by molar-refractivity contribution is 7.86. The zero-order valence-electron chi connectivity index (χ0n) is 30.1. The molecule has 0 aliphatic carbocycles. The van der Waals surface area contributed by atoms with Crippen LogP contribution in [0.25, 0.3) is 0 Å². The maximum atomic E-state index is 13.0. The number of carbonyl (C=O) groups is 1. The number of ether oxygens (including phenoxy) is 5. The molecular formula is C38H50N2O11S. The van der Waals surface area contributed by atoms with Crippen molar-refractivity contribution in [3.8, 4) is 11.5 Å². The molecule has 3 aromatic rings. The largest absolute Gasteiger partial charge is 0.493 e. The summed E-state index contributed by atoms with van der Waals surface area (Å²) in [5, 5.41) is 22.4. The summed E-state index contributed by atoms with van der Waals surface area (Å²) in [4.78, 5) is 15.7. The fraction of sp³-hybridized carbons (Fsp3) is 0.500. The number of hydrogen-bond acceptors (Lipinski definition) is 11. The number of carboxylic acid groups (broad SMARTS) is 1. The number of benzene rings is 3. The number of hydrogen-bond donors (Lipinski definition) is 2. The Morgan fingerprint density at radius 2 is 1.73 bits per heavy atom. The Morgan fingerprint density at radius 3 is 2.48 bits per heavy atom. The predicted octanol–water partition coefficient (Wildman–Crippen LogP) is 4.75. The summed E-state index contributed by atoms with van der Waals surface area (Å²) in [6.45, 7) is 5.46. The number of nitrogens with zero attached hydrogens (tertiary/aromatic N) is 2. The second-order valence-corrected chi connectivity index (χ2v) is 14.7. The average molecular weight is 743 g/mol. The molecule has 0 unspecified atom stereocenters. The molecular weight excluding hydrogens is 692 g/mol. The highest BCUT2D eigenvalue weighted by atomic mass is 32.2. The van der Waals surface area contributed by atoms with E-state index in [4.69, 9.17) is 27.9 Å². The molecule has 52 heavy (non-hydrogen) atoms. The maximum Gasteiger partial charge on any atom is 0.407 e. The van der Waals surface area contributed by atoms with Gasteiger partial charge in [0, 0.05) is 53.4 Å². The first-order valence-corrected chi connectivity index (χ1v) is 19.0. The molecule has 1 fully saturated rings. The van der Waals surface area contributed by atoms with E-state index in [0.29, 0.717) is 49.7 Å². The Balaban J connectivity index is 1.40. The van der Waals surface area contributed by atoms with Crippen LogP contribution in [0.1, 0.15) is 41.5 Å². The van der Waals surface area contributed by atoms with E-state index in [1.807, 2.05) is 25.1 Å². The van der Waals surface area contributed by atoms with Crippen LogP contribution in [0.4, 0.5) is 10.5 Å². The van der Waals surface area contributed by atoms with Crippen molar-refractivity contribution in [2.45, 2.75) is 55.8 Å². The van der Waals surface area contributed by atoms with Crippen molar-refractivity contribution in [3.63, 3.8) is 0 Å². The van der Waals surface area contributed by atoms with Crippen molar-refractivity contribution in [2.75, 3.05) is 78.3 Å². The Bertz CT molecular complexity index is 1740. The van der Waals surface area contributed by atoms with E-state index in [-0.39, 0.29) is 44.0 Å². The molecule has 2 N–H and O–H groups in total. The number of methoxy groups -OCH3 is 2. The van der Waals surface area contributed by atoms with Crippen molar-refractivity contribution < 1.29 is 51.3 Å². The van der Waals surface area contributed by atoms with Gasteiger partial charge in [0.25, 0.3) is 10.1 Å². The lowest BCUT2D eigenvalue weighted by atomic mass is 9.79. The van der Waals surface area contributed by atoms with Crippen molar-refractivity contribution in [1.82, 2.24) is 4.90 Å². The van der Waals surface area contributed by atoms with E-state index in [9.17, 15) is 23.4 Å². The standard InChI is InChI=1S/C38H50N2O11S/c1-28-6-10-32(11-7-28)52(44,45)51-22-14-30-25-31(48-21-5-20-47-3)9-12-33(30)38(43)15-17-40(37(41)42)26-36(38)50-27-29-8-13-35-34(24-29)39(18-23-49-35)16-4-19-46-2/h6-13,24-25,36,43H,4-5,14-23,26-27H2,1-3H3,(H,41,42)/t36-,38-/m0/s1. The summed E-state index contributed by atoms with van der Waals surface area (Å²) in [5.74, 6) is 1.31. The monoisotopic (exact) mass is 742 g/mol. The van der Waals surface area contributed by atoms with Gasteiger partial charge in [-0.25, -0.2) is 4.79 Å². The fourth-order valence-corrected chi connectivity index (χ4v) is 7.44. The average Bonchev–Trinajstić information content (AvgIpc) is 3.13. The molecule has 2 aliphatic rings. The molecule has 2 atom stereocenters. The molecule has 1 amide bonds. The number of amides is 1. The molecule has 13 nitrogen and oxygen atoms in total. The van der Waals surface area contributed by atoms with Crippen LogP contribution in [0.2, 0.25) is 0 Å². The quantitative estimate of drug-likeness (QED) is 0.137. The van der Waals surface area contributed by atoms with Gasteiger partial charge in [0.15, 0.2) is 0 Å². The third-order valence-corrected chi connectivity index (χ3v) is 10.7. The van der Waals surface area contributed by atoms with Gasteiger partial charge in [-0.1, -0.05) is 29.8 Å². The van der Waals surface area contributed by atoms with Gasteiger partial charge in [-0.2, -0.15) is 8.42 Å². The lowest BCUT2D eigenvalue weighted by Crippen LogP contribution is -2.56. The minimum atomic E-state index is -4.04. The highest BCUT2D eigenvalue weighted by Gasteiger charge is 2.46. The van der Waals surface area contributed by atoms with Gasteiger partial charge in [-0.05, 0) is 72.9 Å². The SMILES string of the molecule is COCCCOc1ccc([C@@]2(O)CCN(C(=O)O)C[C@@H]2OCc2ccc3c(c2)N(CCCOC)CCO3)c(CCOS(=O)(=O)c2ccc(C)cc2)c1. The van der Waals surface area contributed by atoms with Gasteiger partial charge in [0.2, 0.25) is 0 Å². The zero-order chi connectivity index (χ0) is 37.1. The Hall–Kier alpha value is -3.92. The maximum absolute atomic E-state index is 13.0. The van der Waals surface area contributed by atoms with Crippen LogP contribution in [0.3, 0.4) is 0 Å². The van der Waals surface area contributed by atoms with Gasteiger partial charge in [0.1, 0.15) is 29.8 Å². The van der Waals surface area contributed by atoms with E-state index in [1.165, 1.54) is 17.0 Å². The third-order valence-electron chi connectivity index (χ3n) is 9.39. The first-order chi connectivity index (χ1) is 25.0. The normalized spacial score (nSPS) is 18.9. The molecule has 284 valence electrons. The molecule has 0 bridgehead atoms. The van der Waals surface area contributed by atoms with Crippen molar-refractivity contribution in [3.05, 3.63) is 82.9 Å². The van der Waals surface area contributed by atoms with Crippen molar-refractivity contribution in [2.24, 2.45) is 0 Å². The smallest absolute Gasteiger partial charge is 0.407 e. The number of likely N-dealkylation sites (tertiary alicyclic amines) is 1. The second kappa shape index (κ2) is 18.2. The van der Waals surface area contributed by atoms with E-state index in [1.54, 1.807) is 44.6 Å². The highest BCUT2D eigenvalue weighted by Crippen LogP contribution is 2.40. The molecule has 0 spiro atoms. The van der Waals surface area contributed by atoms with Crippen LogP contribution < -0.4 is 14.4 Å². The summed E-state index contributed by atoms with van der Waals surface area (Å²) in [6.07, 6.45) is -0.361. The number of fused-ring (bicyclic) bond motifs is 1. The summed E-state index contributed by atoms with van der Waals surface area (Å²) >= 11 is 0. The van der Waals surface area contributed by atoms with Crippen LogP contribution in [-0.4, -0.2) is 109 Å². The molecule has 14 heteroatoms. The Kier molecular flexibility index (Phi) is 13.8. The Morgan fingerprint density at radius 1 is 0.962 bits per heavy atom. The van der Waals surface area contributed by atoms with Gasteiger partial charge in [-0.3, -0.25) is 4.18 Å². The molecule has 0 aromatic heterocycles. The number of anilines is 1. The van der Waals surface area contributed by atoms with Gasteiger partial charge in [0.05, 0.1) is 43.5 Å². The van der Waals surface area contributed by atoms with E-state index < -0.39 is 27.9 Å². The van der Waals surface area contributed by atoms with E-state index in [0.717, 1.165) is 42.1 Å². The predicted molar refractivity (Wildman–Crippen MR) is 194 cm³/mol. The van der Waals surface area contributed by atoms with Crippen molar-refractivity contribution in [1.29, 1.82) is 0 Å². The van der Waals surface area contributed by atoms with Gasteiger partial charge >= 0.3 is 6.09 Å². The van der Waals surface area contributed by atoms with Crippen LogP contribution in [0.15, 0.2) is 65.6 Å². The summed E-state index contributed by atoms with van der Waals surface area (Å²) in [5.41, 5.74) is 2.18. The number of aliphatic hydroxyl groups is 1. The number of rotatable bonds is 18. The van der Waals surface area contributed by atoms with Gasteiger partial charge < -0.3 is 43.7 Å². The molecule has 3 aromatic carbocycles. The van der Waals surface area contributed by atoms with E-state index in [2.05, 4.69) is 4.90 Å². The minimum absolute atomic E-state index is 0.0496. The van der Waals surface area contributed by atoms with Crippen LogP contribution in [0, 0.1) is 6.92 Å². The molecule has 2 heterocycles. The second-order valence-electron chi connectivity index (χ2n) is 13.0. The molecule has 2 aliphatic heterocycles. The third kappa shape index (κ3) is 9.94. The molecule has 5 rings (SSSR count). The first-order valence-electron chi connectivity index (χ1n) is 17.6. The first kappa shape index (κ1) is 39.3. The minimum Gasteiger partial charge on any atom is -0.493 e. The van der Waals surface area contributed by atoms with Crippen LogP contribution in [-0.2, 0) is 47.1 Å². The fourth-order valence-electron chi connectivity index (χ4n) is 6.53. The van der Waals surface area contributed by atoms with Crippen LogP contribution >= 0.6 is 0 Å². The molecule has 0 radical (unpaired) electrons. The molecule has 1 saturated heterocycles. The lowest BCUT2D eigenvalue weighted by Gasteiger charge is -2.44. The number of piperidine rings is 1. The summed E-state index contributed by atoms with van der Waals surface area (Å²) in [7, 11) is -0.740.